The maximum absolute atomic E-state index is 12.2. The van der Waals surface area contributed by atoms with Crippen LogP contribution in [-0.4, -0.2) is 18.5 Å². The minimum Gasteiger partial charge on any atom is -0.490 e. The first kappa shape index (κ1) is 9.88. The molecule has 0 amide bonds. The Hall–Kier alpha value is -1.20. The highest BCUT2D eigenvalue weighted by Crippen LogP contribution is 2.27. The number of ether oxygens (including phenoxy) is 1. The Labute approximate surface area is 73.3 Å². The van der Waals surface area contributed by atoms with Crippen LogP contribution >= 0.6 is 0 Å². The summed E-state index contributed by atoms with van der Waals surface area (Å²) in [6, 6.07) is 0. The van der Waals surface area contributed by atoms with Crippen LogP contribution in [0.2, 0.25) is 0 Å². The van der Waals surface area contributed by atoms with Crippen LogP contribution in [-0.2, 0) is 4.74 Å². The van der Waals surface area contributed by atoms with Crippen LogP contribution in [0.1, 0.15) is 13.8 Å². The van der Waals surface area contributed by atoms with Gasteiger partial charge in [-0.15, -0.1) is 5.10 Å². The van der Waals surface area contributed by atoms with Crippen LogP contribution in [0.3, 0.4) is 0 Å². The maximum Gasteiger partial charge on any atom is 0.438 e. The molecular formula is C7H8F3N2O. The lowest BCUT2D eigenvalue weighted by Gasteiger charge is -2.09. The molecule has 0 N–H and O–H groups in total. The number of nitrogens with zero attached hydrogens (tertiary/aromatic N) is 2. The van der Waals surface area contributed by atoms with Gasteiger partial charge in [0.1, 0.15) is 5.70 Å². The van der Waals surface area contributed by atoms with Crippen molar-refractivity contribution in [2.75, 3.05) is 6.61 Å². The van der Waals surface area contributed by atoms with E-state index in [0.717, 1.165) is 0 Å². The quantitative estimate of drug-likeness (QED) is 0.658. The fourth-order valence-electron chi connectivity index (χ4n) is 0.890. The SMILES string of the molecule is CCOC1=C(C)[N]N=C1C(F)(F)F. The Morgan fingerprint density at radius 1 is 1.38 bits per heavy atom. The van der Waals surface area contributed by atoms with Gasteiger partial charge in [0.05, 0.1) is 6.61 Å². The summed E-state index contributed by atoms with van der Waals surface area (Å²) in [5.41, 5.74) is 2.42. The summed E-state index contributed by atoms with van der Waals surface area (Å²) in [6.07, 6.45) is -4.49. The topological polar surface area (TPSA) is 35.7 Å². The van der Waals surface area contributed by atoms with Gasteiger partial charge in [0.2, 0.25) is 5.71 Å². The molecule has 0 bridgehead atoms. The van der Waals surface area contributed by atoms with Gasteiger partial charge in [0.15, 0.2) is 5.76 Å². The second-order valence-electron chi connectivity index (χ2n) is 2.39. The monoisotopic (exact) mass is 193 g/mol. The minimum absolute atomic E-state index is 0.161. The third-order valence-electron chi connectivity index (χ3n) is 1.40. The first-order chi connectivity index (χ1) is 5.96. The number of hydrogen-bond acceptors (Lipinski definition) is 2. The maximum atomic E-state index is 12.2. The summed E-state index contributed by atoms with van der Waals surface area (Å²) >= 11 is 0. The average molecular weight is 193 g/mol. The standard InChI is InChI=1S/C7H8F3N2O/c1-3-13-5-4(2)11-12-6(5)7(8,9)10/h3H2,1-2H3. The zero-order chi connectivity index (χ0) is 10.1. The average Bonchev–Trinajstić information content (AvgIpc) is 2.32. The molecule has 0 aliphatic carbocycles. The van der Waals surface area contributed by atoms with Crippen molar-refractivity contribution >= 4 is 5.71 Å². The third-order valence-corrected chi connectivity index (χ3v) is 1.40. The van der Waals surface area contributed by atoms with Crippen molar-refractivity contribution in [3.8, 4) is 0 Å². The molecule has 0 unspecified atom stereocenters. The smallest absolute Gasteiger partial charge is 0.438 e. The van der Waals surface area contributed by atoms with Gasteiger partial charge >= 0.3 is 6.18 Å². The molecule has 0 saturated carbocycles. The normalized spacial score (nSPS) is 17.2. The van der Waals surface area contributed by atoms with E-state index in [1.807, 2.05) is 0 Å². The highest BCUT2D eigenvalue weighted by Gasteiger charge is 2.43. The van der Waals surface area contributed by atoms with Crippen molar-refractivity contribution in [3.63, 3.8) is 0 Å². The molecule has 1 heterocycles. The fraction of sp³-hybridized carbons (Fsp3) is 0.571. The second-order valence-corrected chi connectivity index (χ2v) is 2.39. The van der Waals surface area contributed by atoms with Crippen LogP contribution in [0.15, 0.2) is 16.6 Å². The number of hydrogen-bond donors (Lipinski definition) is 0. The van der Waals surface area contributed by atoms with Gasteiger partial charge in [-0.1, -0.05) is 0 Å². The Kier molecular flexibility index (Phi) is 2.49. The van der Waals surface area contributed by atoms with Crippen molar-refractivity contribution in [1.82, 2.24) is 5.43 Å². The largest absolute Gasteiger partial charge is 0.490 e. The van der Waals surface area contributed by atoms with Crippen molar-refractivity contribution in [2.45, 2.75) is 20.0 Å². The Morgan fingerprint density at radius 2 is 2.00 bits per heavy atom. The fourth-order valence-corrected chi connectivity index (χ4v) is 0.890. The van der Waals surface area contributed by atoms with E-state index in [1.165, 1.54) is 6.92 Å². The van der Waals surface area contributed by atoms with E-state index in [0.29, 0.717) is 0 Å². The van der Waals surface area contributed by atoms with Crippen molar-refractivity contribution in [3.05, 3.63) is 11.5 Å². The highest BCUT2D eigenvalue weighted by atomic mass is 19.4. The van der Waals surface area contributed by atoms with E-state index in [4.69, 9.17) is 4.74 Å². The van der Waals surface area contributed by atoms with Crippen molar-refractivity contribution < 1.29 is 17.9 Å². The Morgan fingerprint density at radius 3 is 2.46 bits per heavy atom. The molecule has 0 fully saturated rings. The molecule has 0 aromatic carbocycles. The summed E-state index contributed by atoms with van der Waals surface area (Å²) in [7, 11) is 0. The number of rotatable bonds is 2. The number of halogens is 3. The molecular weight excluding hydrogens is 185 g/mol. The predicted octanol–water partition coefficient (Wildman–Crippen LogP) is 1.79. The van der Waals surface area contributed by atoms with Crippen molar-refractivity contribution in [2.24, 2.45) is 5.10 Å². The van der Waals surface area contributed by atoms with E-state index in [1.54, 1.807) is 6.92 Å². The van der Waals surface area contributed by atoms with Crippen LogP contribution in [0.25, 0.3) is 0 Å². The van der Waals surface area contributed by atoms with Crippen molar-refractivity contribution in [1.29, 1.82) is 0 Å². The summed E-state index contributed by atoms with van der Waals surface area (Å²) in [4.78, 5) is 0. The van der Waals surface area contributed by atoms with Crippen LogP contribution in [0.4, 0.5) is 13.2 Å². The zero-order valence-electron chi connectivity index (χ0n) is 7.14. The number of alkyl halides is 3. The van der Waals surface area contributed by atoms with Gasteiger partial charge in [-0.3, -0.25) is 0 Å². The molecule has 1 radical (unpaired) electrons. The van der Waals surface area contributed by atoms with Crippen LogP contribution < -0.4 is 5.43 Å². The van der Waals surface area contributed by atoms with Gasteiger partial charge < -0.3 is 4.74 Å². The predicted molar refractivity (Wildman–Crippen MR) is 40.0 cm³/mol. The van der Waals surface area contributed by atoms with Crippen LogP contribution in [0, 0.1) is 0 Å². The summed E-state index contributed by atoms with van der Waals surface area (Å²) in [6.45, 7) is 3.19. The molecule has 0 saturated heterocycles. The molecule has 0 spiro atoms. The molecule has 13 heavy (non-hydrogen) atoms. The molecule has 6 heteroatoms. The van der Waals surface area contributed by atoms with Gasteiger partial charge in [0.25, 0.3) is 0 Å². The Bertz CT molecular complexity index is 267. The van der Waals surface area contributed by atoms with Crippen LogP contribution in [0.5, 0.6) is 0 Å². The lowest BCUT2D eigenvalue weighted by molar-refractivity contribution is -0.0605. The lowest BCUT2D eigenvalue weighted by atomic mass is 10.3. The molecule has 3 nitrogen and oxygen atoms in total. The minimum atomic E-state index is -4.49. The summed E-state index contributed by atoms with van der Waals surface area (Å²) in [5, 5.41) is 3.01. The first-order valence-electron chi connectivity index (χ1n) is 3.66. The first-order valence-corrected chi connectivity index (χ1v) is 3.66. The molecule has 1 aliphatic heterocycles. The zero-order valence-corrected chi connectivity index (χ0v) is 7.14. The third kappa shape index (κ3) is 1.93. The molecule has 1 aliphatic rings. The van der Waals surface area contributed by atoms with E-state index in [2.05, 4.69) is 10.5 Å². The van der Waals surface area contributed by atoms with Gasteiger partial charge in [-0.05, 0) is 13.8 Å². The van der Waals surface area contributed by atoms with Gasteiger partial charge in [0, 0.05) is 0 Å². The molecule has 0 atom stereocenters. The second kappa shape index (κ2) is 3.27. The molecule has 73 valence electrons. The van der Waals surface area contributed by atoms with Gasteiger partial charge in [-0.25, -0.2) is 0 Å². The van der Waals surface area contributed by atoms with E-state index >= 15 is 0 Å². The Balaban J connectivity index is 2.89. The summed E-state index contributed by atoms with van der Waals surface area (Å²) in [5.74, 6) is -0.269. The number of allylic oxidation sites excluding steroid dienone is 2. The van der Waals surface area contributed by atoms with E-state index in [-0.39, 0.29) is 18.1 Å². The summed E-state index contributed by atoms with van der Waals surface area (Å²) < 4.78 is 41.4. The van der Waals surface area contributed by atoms with Gasteiger partial charge in [-0.2, -0.15) is 18.6 Å². The molecule has 1 rings (SSSR count). The molecule has 0 aromatic heterocycles. The van der Waals surface area contributed by atoms with E-state index < -0.39 is 11.9 Å². The molecule has 0 aromatic rings. The lowest BCUT2D eigenvalue weighted by Crippen LogP contribution is -2.24. The highest BCUT2D eigenvalue weighted by molar-refractivity contribution is 6.04. The van der Waals surface area contributed by atoms with E-state index in [9.17, 15) is 13.2 Å².